The first-order valence-corrected chi connectivity index (χ1v) is 6.64. The molecule has 0 fully saturated rings. The monoisotopic (exact) mass is 257 g/mol. The Hall–Kier alpha value is -1.97. The highest BCUT2D eigenvalue weighted by atomic mass is 16.5. The van der Waals surface area contributed by atoms with E-state index < -0.39 is 0 Å². The lowest BCUT2D eigenvalue weighted by molar-refractivity contribution is 0.414. The van der Waals surface area contributed by atoms with E-state index in [4.69, 9.17) is 4.74 Å². The molecule has 1 atom stereocenters. The minimum atomic E-state index is 0.347. The number of hydrogen-bond acceptors (Lipinski definition) is 3. The van der Waals surface area contributed by atoms with E-state index in [1.807, 2.05) is 19.9 Å². The number of nitrogens with zero attached hydrogens (tertiary/aromatic N) is 1. The molecule has 19 heavy (non-hydrogen) atoms. The largest absolute Gasteiger partial charge is 0.497 e. The van der Waals surface area contributed by atoms with Crippen molar-refractivity contribution in [1.29, 1.82) is 0 Å². The molecule has 100 valence electrons. The molecule has 1 unspecified atom stereocenters. The van der Waals surface area contributed by atoms with Crippen LogP contribution < -0.4 is 10.1 Å². The van der Waals surface area contributed by atoms with Crippen molar-refractivity contribution in [1.82, 2.24) is 10.2 Å². The second-order valence-corrected chi connectivity index (χ2v) is 5.11. The van der Waals surface area contributed by atoms with Crippen molar-refractivity contribution in [3.8, 4) is 5.75 Å². The molecule has 0 aliphatic heterocycles. The van der Waals surface area contributed by atoms with Crippen molar-refractivity contribution < 1.29 is 4.74 Å². The number of nitrogens with one attached hydrogen (secondary N) is 2. The van der Waals surface area contributed by atoms with Gasteiger partial charge in [-0.25, -0.2) is 0 Å². The number of aromatic nitrogens is 2. The van der Waals surface area contributed by atoms with Crippen molar-refractivity contribution >= 4 is 5.69 Å². The fraction of sp³-hybridized carbons (Fsp3) is 0.400. The zero-order valence-electron chi connectivity index (χ0n) is 11.6. The Balaban J connectivity index is 1.90. The number of rotatable bonds is 3. The summed E-state index contributed by atoms with van der Waals surface area (Å²) in [6.07, 6.45) is 2.24. The molecule has 0 radical (unpaired) electrons. The van der Waals surface area contributed by atoms with Crippen LogP contribution in [-0.2, 0) is 6.42 Å². The van der Waals surface area contributed by atoms with Gasteiger partial charge in [-0.15, -0.1) is 0 Å². The van der Waals surface area contributed by atoms with E-state index in [0.717, 1.165) is 35.7 Å². The Kier molecular flexibility index (Phi) is 2.93. The topological polar surface area (TPSA) is 49.9 Å². The molecule has 0 bridgehead atoms. The van der Waals surface area contributed by atoms with Crippen LogP contribution in [0.3, 0.4) is 0 Å². The van der Waals surface area contributed by atoms with Crippen molar-refractivity contribution in [3.63, 3.8) is 0 Å². The summed E-state index contributed by atoms with van der Waals surface area (Å²) < 4.78 is 5.32. The van der Waals surface area contributed by atoms with Crippen LogP contribution in [0.1, 0.15) is 35.0 Å². The lowest BCUT2D eigenvalue weighted by Crippen LogP contribution is -2.08. The molecule has 0 spiro atoms. The van der Waals surface area contributed by atoms with Crippen LogP contribution >= 0.6 is 0 Å². The number of anilines is 1. The van der Waals surface area contributed by atoms with E-state index >= 15 is 0 Å². The van der Waals surface area contributed by atoms with Gasteiger partial charge in [-0.1, -0.05) is 6.07 Å². The van der Waals surface area contributed by atoms with Gasteiger partial charge in [0.05, 0.1) is 30.2 Å². The third kappa shape index (κ3) is 2.07. The van der Waals surface area contributed by atoms with Gasteiger partial charge in [0, 0.05) is 0 Å². The van der Waals surface area contributed by atoms with E-state index in [2.05, 4.69) is 27.6 Å². The van der Waals surface area contributed by atoms with E-state index in [-0.39, 0.29) is 0 Å². The number of benzene rings is 1. The van der Waals surface area contributed by atoms with Crippen LogP contribution in [0.15, 0.2) is 18.2 Å². The molecule has 2 aromatic rings. The second kappa shape index (κ2) is 4.61. The van der Waals surface area contributed by atoms with Crippen LogP contribution in [0.4, 0.5) is 5.69 Å². The number of aryl methyl sites for hydroxylation is 3. The molecule has 1 aliphatic rings. The maximum Gasteiger partial charge on any atom is 0.119 e. The minimum absolute atomic E-state index is 0.347. The maximum atomic E-state index is 5.32. The summed E-state index contributed by atoms with van der Waals surface area (Å²) >= 11 is 0. The van der Waals surface area contributed by atoms with Gasteiger partial charge in [0.25, 0.3) is 0 Å². The summed E-state index contributed by atoms with van der Waals surface area (Å²) in [7, 11) is 1.71. The average Bonchev–Trinajstić information content (AvgIpc) is 2.97. The average molecular weight is 257 g/mol. The number of methoxy groups -OCH3 is 1. The quantitative estimate of drug-likeness (QED) is 0.888. The van der Waals surface area contributed by atoms with Gasteiger partial charge in [-0.05, 0) is 49.9 Å². The molecule has 1 aromatic carbocycles. The second-order valence-electron chi connectivity index (χ2n) is 5.11. The van der Waals surface area contributed by atoms with Crippen LogP contribution in [0, 0.1) is 13.8 Å². The van der Waals surface area contributed by atoms with Crippen LogP contribution in [0.25, 0.3) is 0 Å². The standard InChI is InChI=1S/C15H19N3O/c1-9-15(10(2)18-17-9)16-14-7-5-11-4-6-12(19-3)8-13(11)14/h4,6,8,14,16H,5,7H2,1-3H3,(H,17,18). The van der Waals surface area contributed by atoms with Gasteiger partial charge in [0.1, 0.15) is 5.75 Å². The van der Waals surface area contributed by atoms with Gasteiger partial charge >= 0.3 is 0 Å². The lowest BCUT2D eigenvalue weighted by Gasteiger charge is -2.16. The van der Waals surface area contributed by atoms with Crippen LogP contribution in [0.2, 0.25) is 0 Å². The molecule has 1 aromatic heterocycles. The van der Waals surface area contributed by atoms with E-state index in [1.54, 1.807) is 7.11 Å². The fourth-order valence-electron chi connectivity index (χ4n) is 2.80. The highest BCUT2D eigenvalue weighted by Crippen LogP contribution is 2.36. The highest BCUT2D eigenvalue weighted by molar-refractivity contribution is 5.55. The molecule has 0 saturated heterocycles. The summed E-state index contributed by atoms with van der Waals surface area (Å²) in [5, 5.41) is 10.9. The summed E-state index contributed by atoms with van der Waals surface area (Å²) in [5.41, 5.74) is 6.00. The van der Waals surface area contributed by atoms with Crippen LogP contribution in [0.5, 0.6) is 5.75 Å². The molecule has 0 amide bonds. The first-order chi connectivity index (χ1) is 9.19. The van der Waals surface area contributed by atoms with Gasteiger partial charge in [0.2, 0.25) is 0 Å². The first kappa shape index (κ1) is 12.1. The van der Waals surface area contributed by atoms with Gasteiger partial charge in [-0.3, -0.25) is 5.10 Å². The number of H-pyrrole nitrogens is 1. The zero-order chi connectivity index (χ0) is 13.4. The Morgan fingerprint density at radius 2 is 2.21 bits per heavy atom. The molecule has 4 heteroatoms. The van der Waals surface area contributed by atoms with Crippen LogP contribution in [-0.4, -0.2) is 17.3 Å². The van der Waals surface area contributed by atoms with Crippen molar-refractivity contribution in [3.05, 3.63) is 40.7 Å². The van der Waals surface area contributed by atoms with Crippen molar-refractivity contribution in [2.45, 2.75) is 32.7 Å². The first-order valence-electron chi connectivity index (χ1n) is 6.64. The van der Waals surface area contributed by atoms with E-state index in [1.165, 1.54) is 11.1 Å². The summed E-state index contributed by atoms with van der Waals surface area (Å²) in [5.74, 6) is 0.924. The third-order valence-corrected chi connectivity index (χ3v) is 3.88. The predicted octanol–water partition coefficient (Wildman–Crippen LogP) is 3.13. The summed E-state index contributed by atoms with van der Waals surface area (Å²) in [6, 6.07) is 6.70. The molecule has 1 aliphatic carbocycles. The van der Waals surface area contributed by atoms with Gasteiger partial charge in [0.15, 0.2) is 0 Å². The molecule has 0 saturated carbocycles. The Morgan fingerprint density at radius 3 is 2.89 bits per heavy atom. The molecule has 3 rings (SSSR count). The van der Waals surface area contributed by atoms with Crippen molar-refractivity contribution in [2.75, 3.05) is 12.4 Å². The highest BCUT2D eigenvalue weighted by Gasteiger charge is 2.24. The van der Waals surface area contributed by atoms with E-state index in [9.17, 15) is 0 Å². The smallest absolute Gasteiger partial charge is 0.119 e. The summed E-state index contributed by atoms with van der Waals surface area (Å²) in [4.78, 5) is 0. The number of aromatic amines is 1. The molecular weight excluding hydrogens is 238 g/mol. The zero-order valence-corrected chi connectivity index (χ0v) is 11.6. The maximum absolute atomic E-state index is 5.32. The molecule has 4 nitrogen and oxygen atoms in total. The third-order valence-electron chi connectivity index (χ3n) is 3.88. The van der Waals surface area contributed by atoms with Crippen molar-refractivity contribution in [2.24, 2.45) is 0 Å². The lowest BCUT2D eigenvalue weighted by atomic mass is 10.1. The Labute approximate surface area is 113 Å². The molecule has 1 heterocycles. The Bertz CT molecular complexity index is 584. The molecule has 2 N–H and O–H groups in total. The molecular formula is C15H19N3O. The van der Waals surface area contributed by atoms with Gasteiger partial charge < -0.3 is 10.1 Å². The van der Waals surface area contributed by atoms with E-state index in [0.29, 0.717) is 6.04 Å². The Morgan fingerprint density at radius 1 is 1.37 bits per heavy atom. The normalized spacial score (nSPS) is 17.3. The predicted molar refractivity (Wildman–Crippen MR) is 75.7 cm³/mol. The summed E-state index contributed by atoms with van der Waals surface area (Å²) in [6.45, 7) is 4.07. The number of ether oxygens (including phenoxy) is 1. The number of fused-ring (bicyclic) bond motifs is 1. The fourth-order valence-corrected chi connectivity index (χ4v) is 2.80. The SMILES string of the molecule is COc1ccc2c(c1)C(Nc1c(C)n[nH]c1C)CC2. The number of hydrogen-bond donors (Lipinski definition) is 2. The minimum Gasteiger partial charge on any atom is -0.497 e. The van der Waals surface area contributed by atoms with Gasteiger partial charge in [-0.2, -0.15) is 5.10 Å².